The van der Waals surface area contributed by atoms with Gasteiger partial charge in [0.05, 0.1) is 31.3 Å². The second-order valence-corrected chi connectivity index (χ2v) is 3.45. The summed E-state index contributed by atoms with van der Waals surface area (Å²) in [5.41, 5.74) is 1.18. The first-order valence-corrected chi connectivity index (χ1v) is 5.39. The van der Waals surface area contributed by atoms with E-state index in [1.807, 2.05) is 6.07 Å². The number of rotatable bonds is 5. The molecule has 0 aromatic carbocycles. The van der Waals surface area contributed by atoms with Gasteiger partial charge in [-0.25, -0.2) is 9.97 Å². The number of imidazole rings is 1. The van der Waals surface area contributed by atoms with Crippen molar-refractivity contribution in [2.45, 2.75) is 19.4 Å². The molecule has 0 saturated carbocycles. The van der Waals surface area contributed by atoms with Gasteiger partial charge in [0.2, 0.25) is 5.88 Å². The van der Waals surface area contributed by atoms with E-state index in [0.717, 1.165) is 0 Å². The fourth-order valence-corrected chi connectivity index (χ4v) is 1.49. The van der Waals surface area contributed by atoms with Gasteiger partial charge in [0.1, 0.15) is 12.9 Å². The van der Waals surface area contributed by atoms with E-state index >= 15 is 0 Å². The third kappa shape index (κ3) is 2.36. The van der Waals surface area contributed by atoms with Gasteiger partial charge < -0.3 is 9.30 Å². The van der Waals surface area contributed by atoms with E-state index in [9.17, 15) is 0 Å². The second kappa shape index (κ2) is 5.60. The Labute approximate surface area is 103 Å². The summed E-state index contributed by atoms with van der Waals surface area (Å²) in [4.78, 5) is 12.3. The maximum absolute atomic E-state index is 8.56. The Morgan fingerprint density at radius 2 is 2.00 bits per heavy atom. The van der Waals surface area contributed by atoms with Gasteiger partial charge in [0.15, 0.2) is 11.2 Å². The van der Waals surface area contributed by atoms with Gasteiger partial charge in [-0.05, 0) is 0 Å². The van der Waals surface area contributed by atoms with Crippen LogP contribution in [0, 0.1) is 22.7 Å². The van der Waals surface area contributed by atoms with E-state index in [4.69, 9.17) is 15.3 Å². The summed E-state index contributed by atoms with van der Waals surface area (Å²) < 4.78 is 7.14. The summed E-state index contributed by atoms with van der Waals surface area (Å²) in [6.07, 6.45) is 3.67. The monoisotopic (exact) mass is 242 g/mol. The van der Waals surface area contributed by atoms with Gasteiger partial charge >= 0.3 is 0 Å². The molecule has 2 aromatic rings. The maximum Gasteiger partial charge on any atom is 0.245 e. The Bertz CT molecular complexity index is 620. The molecule has 2 aromatic heterocycles. The minimum Gasteiger partial charge on any atom is -0.475 e. The van der Waals surface area contributed by atoms with Crippen LogP contribution in [0.5, 0.6) is 5.88 Å². The van der Waals surface area contributed by atoms with Crippen molar-refractivity contribution in [1.29, 1.82) is 10.5 Å². The lowest BCUT2D eigenvalue weighted by Gasteiger charge is -2.03. The molecule has 0 atom stereocenters. The SMILES string of the molecule is N#CCCOc1ncnc2c1ncn2CCC#N. The van der Waals surface area contributed by atoms with Crippen LogP contribution in [0.25, 0.3) is 11.2 Å². The van der Waals surface area contributed by atoms with Crippen molar-refractivity contribution in [3.63, 3.8) is 0 Å². The Morgan fingerprint density at radius 1 is 1.17 bits per heavy atom. The van der Waals surface area contributed by atoms with Crippen LogP contribution in [-0.4, -0.2) is 26.1 Å². The molecular weight excluding hydrogens is 232 g/mol. The molecule has 0 aliphatic heterocycles. The molecule has 2 heterocycles. The fraction of sp³-hybridized carbons (Fsp3) is 0.364. The fourth-order valence-electron chi connectivity index (χ4n) is 1.49. The van der Waals surface area contributed by atoms with Crippen LogP contribution in [0.15, 0.2) is 12.7 Å². The summed E-state index contributed by atoms with van der Waals surface area (Å²) >= 11 is 0. The van der Waals surface area contributed by atoms with Crippen LogP contribution in [0.3, 0.4) is 0 Å². The van der Waals surface area contributed by atoms with Crippen LogP contribution < -0.4 is 4.74 Å². The largest absolute Gasteiger partial charge is 0.475 e. The van der Waals surface area contributed by atoms with E-state index in [-0.39, 0.29) is 6.61 Å². The molecule has 7 nitrogen and oxygen atoms in total. The zero-order valence-electron chi connectivity index (χ0n) is 9.57. The van der Waals surface area contributed by atoms with E-state index in [1.165, 1.54) is 6.33 Å². The minimum atomic E-state index is 0.271. The zero-order valence-corrected chi connectivity index (χ0v) is 9.57. The molecule has 0 radical (unpaired) electrons. The smallest absolute Gasteiger partial charge is 0.245 e. The standard InChI is InChI=1S/C11H10N6O/c12-3-1-5-17-8-16-9-10(17)14-7-15-11(9)18-6-2-4-13/h7-8H,1-2,5-6H2. The number of hydrogen-bond acceptors (Lipinski definition) is 6. The minimum absolute atomic E-state index is 0.271. The van der Waals surface area contributed by atoms with Crippen LogP contribution in [-0.2, 0) is 6.54 Å². The predicted octanol–water partition coefficient (Wildman–Crippen LogP) is 1.03. The Hall–Kier alpha value is -2.67. The maximum atomic E-state index is 8.56. The summed E-state index contributed by atoms with van der Waals surface area (Å²) in [5.74, 6) is 0.367. The highest BCUT2D eigenvalue weighted by atomic mass is 16.5. The molecule has 0 amide bonds. The van der Waals surface area contributed by atoms with E-state index in [0.29, 0.717) is 36.4 Å². The first-order valence-electron chi connectivity index (χ1n) is 5.39. The average Bonchev–Trinajstić information content (AvgIpc) is 2.81. The van der Waals surface area contributed by atoms with E-state index in [2.05, 4.69) is 21.0 Å². The quantitative estimate of drug-likeness (QED) is 0.726. The van der Waals surface area contributed by atoms with Gasteiger partial charge in [0.25, 0.3) is 0 Å². The molecule has 0 N–H and O–H groups in total. The molecule has 2 rings (SSSR count). The molecule has 0 saturated heterocycles. The highest BCUT2D eigenvalue weighted by Crippen LogP contribution is 2.19. The Morgan fingerprint density at radius 3 is 2.78 bits per heavy atom. The number of hydrogen-bond donors (Lipinski definition) is 0. The van der Waals surface area contributed by atoms with Crippen molar-refractivity contribution in [1.82, 2.24) is 19.5 Å². The lowest BCUT2D eigenvalue weighted by molar-refractivity contribution is 0.317. The van der Waals surface area contributed by atoms with Gasteiger partial charge in [-0.3, -0.25) is 0 Å². The summed E-state index contributed by atoms with van der Waals surface area (Å²) in [7, 11) is 0. The van der Waals surface area contributed by atoms with Crippen molar-refractivity contribution in [2.75, 3.05) is 6.61 Å². The number of aryl methyl sites for hydroxylation is 1. The van der Waals surface area contributed by atoms with Gasteiger partial charge in [-0.2, -0.15) is 15.5 Å². The third-order valence-electron chi connectivity index (χ3n) is 2.28. The van der Waals surface area contributed by atoms with Gasteiger partial charge in [0, 0.05) is 6.54 Å². The van der Waals surface area contributed by atoms with Crippen molar-refractivity contribution in [2.24, 2.45) is 0 Å². The Balaban J connectivity index is 2.25. The first-order chi connectivity index (χ1) is 8.86. The Kier molecular flexibility index (Phi) is 3.67. The number of nitrogens with zero attached hydrogens (tertiary/aromatic N) is 6. The zero-order chi connectivity index (χ0) is 12.8. The highest BCUT2D eigenvalue weighted by molar-refractivity contribution is 5.75. The van der Waals surface area contributed by atoms with Crippen LogP contribution in [0.4, 0.5) is 0 Å². The molecule has 18 heavy (non-hydrogen) atoms. The molecule has 0 aliphatic carbocycles. The molecule has 0 fully saturated rings. The lowest BCUT2D eigenvalue weighted by atomic mass is 10.4. The lowest BCUT2D eigenvalue weighted by Crippen LogP contribution is -2.01. The summed E-state index contributed by atoms with van der Waals surface area (Å²) in [6.45, 7) is 0.801. The number of aromatic nitrogens is 4. The van der Waals surface area contributed by atoms with Crippen LogP contribution in [0.2, 0.25) is 0 Å². The van der Waals surface area contributed by atoms with E-state index in [1.54, 1.807) is 10.9 Å². The second-order valence-electron chi connectivity index (χ2n) is 3.45. The van der Waals surface area contributed by atoms with Crippen molar-refractivity contribution in [3.8, 4) is 18.0 Å². The molecule has 0 bridgehead atoms. The van der Waals surface area contributed by atoms with Gasteiger partial charge in [-0.1, -0.05) is 0 Å². The predicted molar refractivity (Wildman–Crippen MR) is 61.3 cm³/mol. The third-order valence-corrected chi connectivity index (χ3v) is 2.28. The van der Waals surface area contributed by atoms with Crippen LogP contribution in [0.1, 0.15) is 12.8 Å². The average molecular weight is 242 g/mol. The molecular formula is C11H10N6O. The number of fused-ring (bicyclic) bond motifs is 1. The molecule has 7 heteroatoms. The molecule has 90 valence electrons. The number of ether oxygens (including phenoxy) is 1. The summed E-state index contributed by atoms with van der Waals surface area (Å²) in [6, 6.07) is 4.06. The van der Waals surface area contributed by atoms with Crippen molar-refractivity contribution < 1.29 is 4.74 Å². The molecule has 0 aliphatic rings. The van der Waals surface area contributed by atoms with Crippen molar-refractivity contribution in [3.05, 3.63) is 12.7 Å². The highest BCUT2D eigenvalue weighted by Gasteiger charge is 2.10. The van der Waals surface area contributed by atoms with Crippen molar-refractivity contribution >= 4 is 11.2 Å². The number of nitriles is 2. The van der Waals surface area contributed by atoms with Gasteiger partial charge in [-0.15, -0.1) is 0 Å². The first kappa shape index (κ1) is 11.8. The molecule has 0 spiro atoms. The molecule has 0 unspecified atom stereocenters. The van der Waals surface area contributed by atoms with Crippen LogP contribution >= 0.6 is 0 Å². The topological polar surface area (TPSA) is 100 Å². The normalized spacial score (nSPS) is 9.89. The van der Waals surface area contributed by atoms with E-state index < -0.39 is 0 Å². The summed E-state index contributed by atoms with van der Waals surface area (Å²) in [5, 5.41) is 17.0.